The SMILES string of the molecule is CN(C)C(=S)SS(=O)(=O)c1ccccc1. The van der Waals surface area contributed by atoms with Gasteiger partial charge in [0.1, 0.15) is 0 Å². The Labute approximate surface area is 98.8 Å². The maximum atomic E-state index is 11.8. The van der Waals surface area contributed by atoms with E-state index in [1.807, 2.05) is 0 Å². The molecule has 1 rings (SSSR count). The van der Waals surface area contributed by atoms with E-state index in [1.165, 1.54) is 0 Å². The first kappa shape index (κ1) is 12.5. The minimum Gasteiger partial charge on any atom is -0.363 e. The summed E-state index contributed by atoms with van der Waals surface area (Å²) in [4.78, 5) is 1.87. The summed E-state index contributed by atoms with van der Waals surface area (Å²) >= 11 is 4.94. The van der Waals surface area contributed by atoms with E-state index in [0.717, 1.165) is 0 Å². The quantitative estimate of drug-likeness (QED) is 0.601. The third kappa shape index (κ3) is 3.48. The predicted octanol–water partition coefficient (Wildman–Crippen LogP) is 1.95. The van der Waals surface area contributed by atoms with Crippen molar-refractivity contribution in [1.82, 2.24) is 4.90 Å². The molecule has 0 radical (unpaired) electrons. The zero-order chi connectivity index (χ0) is 11.5. The van der Waals surface area contributed by atoms with E-state index in [4.69, 9.17) is 12.2 Å². The average Bonchev–Trinajstić information content (AvgIpc) is 2.18. The molecule has 0 bridgehead atoms. The first-order chi connectivity index (χ1) is 6.93. The van der Waals surface area contributed by atoms with Crippen molar-refractivity contribution >= 4 is 36.2 Å². The van der Waals surface area contributed by atoms with Crippen molar-refractivity contribution in [2.75, 3.05) is 14.1 Å². The van der Waals surface area contributed by atoms with Crippen LogP contribution >= 0.6 is 23.0 Å². The maximum Gasteiger partial charge on any atom is 0.236 e. The molecule has 0 aromatic heterocycles. The lowest BCUT2D eigenvalue weighted by Gasteiger charge is -2.12. The molecular formula is C9H11NO2S3. The molecule has 0 heterocycles. The Bertz CT molecular complexity index is 440. The Balaban J connectivity index is 2.91. The van der Waals surface area contributed by atoms with Crippen LogP contribution in [0.15, 0.2) is 35.2 Å². The molecule has 15 heavy (non-hydrogen) atoms. The molecule has 1 aromatic carbocycles. The number of nitrogens with zero attached hydrogens (tertiary/aromatic N) is 1. The highest BCUT2D eigenvalue weighted by Crippen LogP contribution is 2.24. The molecule has 3 nitrogen and oxygen atoms in total. The standard InChI is InChI=1S/C9H11NO2S3/c1-10(2)9(13)14-15(11,12)8-6-4-3-5-7-8/h3-7H,1-2H3. The van der Waals surface area contributed by atoms with Crippen LogP contribution in [0.1, 0.15) is 0 Å². The van der Waals surface area contributed by atoms with Gasteiger partial charge in [-0.2, -0.15) is 0 Å². The summed E-state index contributed by atoms with van der Waals surface area (Å²) in [5.74, 6) is 0. The second-order valence-electron chi connectivity index (χ2n) is 3.01. The minimum atomic E-state index is -3.37. The molecule has 0 atom stereocenters. The van der Waals surface area contributed by atoms with Crippen molar-refractivity contribution in [3.63, 3.8) is 0 Å². The highest BCUT2D eigenvalue weighted by atomic mass is 33.1. The molecular weight excluding hydrogens is 250 g/mol. The summed E-state index contributed by atoms with van der Waals surface area (Å²) in [6.07, 6.45) is 0. The highest BCUT2D eigenvalue weighted by Gasteiger charge is 2.18. The van der Waals surface area contributed by atoms with Crippen molar-refractivity contribution in [3.8, 4) is 0 Å². The van der Waals surface area contributed by atoms with Gasteiger partial charge in [0.25, 0.3) is 0 Å². The second kappa shape index (κ2) is 4.96. The van der Waals surface area contributed by atoms with Gasteiger partial charge in [0.15, 0.2) is 4.32 Å². The fourth-order valence-corrected chi connectivity index (χ4v) is 4.17. The van der Waals surface area contributed by atoms with Crippen LogP contribution in [0, 0.1) is 0 Å². The van der Waals surface area contributed by atoms with Gasteiger partial charge in [-0.15, -0.1) is 0 Å². The van der Waals surface area contributed by atoms with Crippen molar-refractivity contribution in [2.24, 2.45) is 0 Å². The van der Waals surface area contributed by atoms with Gasteiger partial charge in [0.2, 0.25) is 8.87 Å². The summed E-state index contributed by atoms with van der Waals surface area (Å²) in [6, 6.07) is 8.26. The number of hydrogen-bond acceptors (Lipinski definition) is 4. The van der Waals surface area contributed by atoms with Crippen LogP contribution < -0.4 is 0 Å². The van der Waals surface area contributed by atoms with Gasteiger partial charge in [-0.1, -0.05) is 30.4 Å². The lowest BCUT2D eigenvalue weighted by molar-refractivity contribution is 0.610. The molecule has 0 N–H and O–H groups in total. The van der Waals surface area contributed by atoms with Crippen molar-refractivity contribution in [3.05, 3.63) is 30.3 Å². The van der Waals surface area contributed by atoms with Crippen LogP contribution in [0.5, 0.6) is 0 Å². The summed E-state index contributed by atoms with van der Waals surface area (Å²) in [7, 11) is 0.758. The lowest BCUT2D eigenvalue weighted by Crippen LogP contribution is -2.18. The Kier molecular flexibility index (Phi) is 4.12. The molecule has 0 aliphatic carbocycles. The fraction of sp³-hybridized carbons (Fsp3) is 0.222. The monoisotopic (exact) mass is 261 g/mol. The van der Waals surface area contributed by atoms with Crippen molar-refractivity contribution < 1.29 is 8.42 Å². The summed E-state index contributed by atoms with van der Waals surface area (Å²) in [6.45, 7) is 0. The van der Waals surface area contributed by atoms with Crippen molar-refractivity contribution in [2.45, 2.75) is 4.90 Å². The minimum absolute atomic E-state index is 0.277. The van der Waals surface area contributed by atoms with E-state index in [1.54, 1.807) is 49.3 Å². The highest BCUT2D eigenvalue weighted by molar-refractivity contribution is 8.79. The molecule has 0 saturated heterocycles. The van der Waals surface area contributed by atoms with Crippen LogP contribution in [-0.2, 0) is 8.87 Å². The molecule has 6 heteroatoms. The number of hydrogen-bond donors (Lipinski definition) is 0. The normalized spacial score (nSPS) is 11.1. The van der Waals surface area contributed by atoms with Gasteiger partial charge in [-0.3, -0.25) is 0 Å². The number of benzene rings is 1. The van der Waals surface area contributed by atoms with E-state index in [2.05, 4.69) is 0 Å². The van der Waals surface area contributed by atoms with E-state index >= 15 is 0 Å². The second-order valence-corrected chi connectivity index (χ2v) is 7.41. The van der Waals surface area contributed by atoms with Crippen LogP contribution in [0.4, 0.5) is 0 Å². The van der Waals surface area contributed by atoms with E-state index in [0.29, 0.717) is 15.1 Å². The van der Waals surface area contributed by atoms with Gasteiger partial charge >= 0.3 is 0 Å². The van der Waals surface area contributed by atoms with E-state index in [-0.39, 0.29) is 4.90 Å². The molecule has 0 fully saturated rings. The molecule has 0 spiro atoms. The third-order valence-corrected chi connectivity index (χ3v) is 5.80. The van der Waals surface area contributed by atoms with Crippen LogP contribution in [0.3, 0.4) is 0 Å². The van der Waals surface area contributed by atoms with E-state index in [9.17, 15) is 8.42 Å². The number of thiocarbonyl (C=S) groups is 1. The molecule has 82 valence electrons. The topological polar surface area (TPSA) is 37.4 Å². The van der Waals surface area contributed by atoms with Crippen LogP contribution in [0.2, 0.25) is 0 Å². The van der Waals surface area contributed by atoms with Gasteiger partial charge in [-0.25, -0.2) is 8.42 Å². The maximum absolute atomic E-state index is 11.8. The molecule has 0 aliphatic rings. The number of rotatable bonds is 2. The van der Waals surface area contributed by atoms with Crippen LogP contribution in [-0.4, -0.2) is 31.7 Å². The largest absolute Gasteiger partial charge is 0.363 e. The Morgan fingerprint density at radius 3 is 2.27 bits per heavy atom. The molecule has 0 saturated carbocycles. The summed E-state index contributed by atoms with van der Waals surface area (Å²) in [5, 5.41) is 0. The van der Waals surface area contributed by atoms with Crippen molar-refractivity contribution in [1.29, 1.82) is 0 Å². The van der Waals surface area contributed by atoms with Gasteiger partial charge in [0.05, 0.1) is 4.90 Å². The first-order valence-corrected chi connectivity index (χ1v) is 7.37. The Morgan fingerprint density at radius 2 is 1.80 bits per heavy atom. The summed E-state index contributed by atoms with van der Waals surface area (Å²) in [5.41, 5.74) is 0. The average molecular weight is 261 g/mol. The smallest absolute Gasteiger partial charge is 0.236 e. The molecule has 0 aliphatic heterocycles. The fourth-order valence-electron chi connectivity index (χ4n) is 0.804. The van der Waals surface area contributed by atoms with Gasteiger partial charge < -0.3 is 4.90 Å². The Morgan fingerprint density at radius 1 is 1.27 bits per heavy atom. The zero-order valence-electron chi connectivity index (χ0n) is 8.38. The third-order valence-electron chi connectivity index (χ3n) is 1.58. The molecule has 0 amide bonds. The predicted molar refractivity (Wildman–Crippen MR) is 67.5 cm³/mol. The van der Waals surface area contributed by atoms with E-state index < -0.39 is 8.87 Å². The van der Waals surface area contributed by atoms with Crippen LogP contribution in [0.25, 0.3) is 0 Å². The van der Waals surface area contributed by atoms with Gasteiger partial charge in [-0.05, 0) is 12.1 Å². The first-order valence-electron chi connectivity index (χ1n) is 4.14. The lowest BCUT2D eigenvalue weighted by atomic mass is 10.4. The zero-order valence-corrected chi connectivity index (χ0v) is 10.8. The summed E-state index contributed by atoms with van der Waals surface area (Å²) < 4.78 is 23.9. The Hall–Kier alpha value is -0.590. The molecule has 0 unspecified atom stereocenters. The van der Waals surface area contributed by atoms with Gasteiger partial charge in [0, 0.05) is 24.9 Å². The molecule has 1 aromatic rings.